The normalized spacial score (nSPS) is 16.2. The van der Waals surface area contributed by atoms with Gasteiger partial charge in [0.25, 0.3) is 10.0 Å². The number of esters is 1. The van der Waals surface area contributed by atoms with Crippen molar-refractivity contribution in [1.29, 1.82) is 0 Å². The molecule has 8 nitrogen and oxygen atoms in total. The van der Waals surface area contributed by atoms with Crippen LogP contribution in [0.4, 0.5) is 5.69 Å². The molecule has 0 radical (unpaired) electrons. The third-order valence-electron chi connectivity index (χ3n) is 5.05. The Kier molecular flexibility index (Phi) is 8.35. The molecule has 0 N–H and O–H groups in total. The van der Waals surface area contributed by atoms with Crippen LogP contribution in [0.1, 0.15) is 26.2 Å². The predicted molar refractivity (Wildman–Crippen MR) is 120 cm³/mol. The quantitative estimate of drug-likeness (QED) is 0.499. The lowest BCUT2D eigenvalue weighted by Gasteiger charge is -2.22. The molecule has 0 spiro atoms. The van der Waals surface area contributed by atoms with Crippen LogP contribution in [0.5, 0.6) is 11.5 Å². The minimum atomic E-state index is -3.73. The maximum atomic E-state index is 12.9. The van der Waals surface area contributed by atoms with Crippen LogP contribution in [0.25, 0.3) is 0 Å². The molecule has 3 rings (SSSR count). The highest BCUT2D eigenvalue weighted by Gasteiger charge is 2.21. The van der Waals surface area contributed by atoms with Gasteiger partial charge in [0.1, 0.15) is 18.1 Å². The van der Waals surface area contributed by atoms with Crippen molar-refractivity contribution in [2.75, 3.05) is 37.8 Å². The summed E-state index contributed by atoms with van der Waals surface area (Å²) < 4.78 is 48.5. The third kappa shape index (κ3) is 6.37. The van der Waals surface area contributed by atoms with Gasteiger partial charge in [-0.3, -0.25) is 4.31 Å². The van der Waals surface area contributed by atoms with Gasteiger partial charge in [-0.05, 0) is 74.7 Å². The van der Waals surface area contributed by atoms with Crippen molar-refractivity contribution < 1.29 is 32.2 Å². The molecule has 0 aromatic heterocycles. The highest BCUT2D eigenvalue weighted by Crippen LogP contribution is 2.25. The van der Waals surface area contributed by atoms with Gasteiger partial charge in [-0.1, -0.05) is 0 Å². The monoisotopic (exact) mass is 463 g/mol. The van der Waals surface area contributed by atoms with E-state index < -0.39 is 16.0 Å². The highest BCUT2D eigenvalue weighted by molar-refractivity contribution is 7.92. The Morgan fingerprint density at radius 1 is 1.03 bits per heavy atom. The van der Waals surface area contributed by atoms with Gasteiger partial charge >= 0.3 is 5.97 Å². The number of carbonyl (C=O) groups is 1. The molecule has 0 amide bonds. The molecule has 1 unspecified atom stereocenters. The fourth-order valence-electron chi connectivity index (χ4n) is 3.23. The van der Waals surface area contributed by atoms with E-state index in [-0.39, 0.29) is 24.2 Å². The van der Waals surface area contributed by atoms with Crippen LogP contribution in [-0.2, 0) is 24.3 Å². The number of hydrogen-bond donors (Lipinski definition) is 0. The van der Waals surface area contributed by atoms with Crippen molar-refractivity contribution in [3.8, 4) is 11.5 Å². The Bertz CT molecular complexity index is 968. The number of sulfonamides is 1. The second-order valence-corrected chi connectivity index (χ2v) is 9.30. The summed E-state index contributed by atoms with van der Waals surface area (Å²) in [5.41, 5.74) is 0.461. The molecule has 1 fully saturated rings. The first-order valence-electron chi connectivity index (χ1n) is 10.6. The zero-order chi connectivity index (χ0) is 23.0. The van der Waals surface area contributed by atoms with Crippen molar-refractivity contribution in [3.05, 3.63) is 48.5 Å². The van der Waals surface area contributed by atoms with Gasteiger partial charge in [0.05, 0.1) is 23.3 Å². The molecule has 2 aromatic rings. The largest absolute Gasteiger partial charge is 0.494 e. The molecule has 9 heteroatoms. The maximum absolute atomic E-state index is 12.9. The summed E-state index contributed by atoms with van der Waals surface area (Å²) in [7, 11) is -2.25. The predicted octanol–water partition coefficient (Wildman–Crippen LogP) is 3.40. The molecule has 2 aromatic carbocycles. The van der Waals surface area contributed by atoms with Gasteiger partial charge in [-0.15, -0.1) is 0 Å². The van der Waals surface area contributed by atoms with Crippen LogP contribution in [0, 0.1) is 0 Å². The van der Waals surface area contributed by atoms with Crippen LogP contribution in [0.3, 0.4) is 0 Å². The Morgan fingerprint density at radius 3 is 2.31 bits per heavy atom. The summed E-state index contributed by atoms with van der Waals surface area (Å²) in [5.74, 6) is 0.574. The second kappa shape index (κ2) is 11.2. The van der Waals surface area contributed by atoms with Crippen molar-refractivity contribution >= 4 is 21.7 Å². The fourth-order valence-corrected chi connectivity index (χ4v) is 4.43. The second-order valence-electron chi connectivity index (χ2n) is 7.33. The molecule has 1 atom stereocenters. The minimum Gasteiger partial charge on any atom is -0.494 e. The smallest absolute Gasteiger partial charge is 0.344 e. The number of anilines is 1. The molecular weight excluding hydrogens is 434 g/mol. The molecule has 1 aliphatic rings. The van der Waals surface area contributed by atoms with E-state index in [2.05, 4.69) is 0 Å². The topological polar surface area (TPSA) is 91.4 Å². The van der Waals surface area contributed by atoms with Gasteiger partial charge in [0, 0.05) is 13.7 Å². The Labute approximate surface area is 189 Å². The molecule has 1 saturated heterocycles. The van der Waals surface area contributed by atoms with Crippen molar-refractivity contribution in [3.63, 3.8) is 0 Å². The van der Waals surface area contributed by atoms with Gasteiger partial charge in [-0.25, -0.2) is 13.2 Å². The van der Waals surface area contributed by atoms with Crippen molar-refractivity contribution in [2.24, 2.45) is 0 Å². The number of ether oxygens (including phenoxy) is 4. The summed E-state index contributed by atoms with van der Waals surface area (Å²) in [5, 5.41) is 0. The average Bonchev–Trinajstić information content (AvgIpc) is 2.82. The first kappa shape index (κ1) is 23.9. The summed E-state index contributed by atoms with van der Waals surface area (Å²) in [6, 6.07) is 12.7. The van der Waals surface area contributed by atoms with Gasteiger partial charge in [0.2, 0.25) is 0 Å². The molecule has 0 saturated carbocycles. The maximum Gasteiger partial charge on any atom is 0.344 e. The first-order chi connectivity index (χ1) is 15.4. The molecule has 0 bridgehead atoms. The van der Waals surface area contributed by atoms with Crippen LogP contribution < -0.4 is 13.8 Å². The lowest BCUT2D eigenvalue weighted by atomic mass is 10.1. The molecule has 1 aliphatic heterocycles. The van der Waals surface area contributed by atoms with Crippen LogP contribution in [0.2, 0.25) is 0 Å². The standard InChI is InChI=1S/C23H29NO7S/c1-3-28-19-11-13-22(14-12-19)32(26,27)24(2)18-7-9-20(10-8-18)30-17-23(25)31-16-21-6-4-5-15-29-21/h7-14,21H,3-6,15-17H2,1-2H3. The molecular formula is C23H29NO7S. The molecule has 174 valence electrons. The van der Waals surface area contributed by atoms with E-state index in [9.17, 15) is 13.2 Å². The van der Waals surface area contributed by atoms with E-state index in [0.29, 0.717) is 30.4 Å². The van der Waals surface area contributed by atoms with Crippen LogP contribution >= 0.6 is 0 Å². The minimum absolute atomic E-state index is 0.0418. The van der Waals surface area contributed by atoms with Gasteiger partial charge in [-0.2, -0.15) is 0 Å². The van der Waals surface area contributed by atoms with E-state index in [1.54, 1.807) is 36.4 Å². The van der Waals surface area contributed by atoms with Crippen LogP contribution in [0.15, 0.2) is 53.4 Å². The van der Waals surface area contributed by atoms with E-state index in [0.717, 1.165) is 19.3 Å². The van der Waals surface area contributed by atoms with Crippen LogP contribution in [-0.4, -0.2) is 54.0 Å². The van der Waals surface area contributed by atoms with E-state index in [1.807, 2.05) is 6.92 Å². The van der Waals surface area contributed by atoms with Crippen molar-refractivity contribution in [1.82, 2.24) is 0 Å². The SMILES string of the molecule is CCOc1ccc(S(=O)(=O)N(C)c2ccc(OCC(=O)OCC3CCCCO3)cc2)cc1. The lowest BCUT2D eigenvalue weighted by molar-refractivity contribution is -0.151. The average molecular weight is 464 g/mol. The van der Waals surface area contributed by atoms with E-state index >= 15 is 0 Å². The Balaban J connectivity index is 1.53. The summed E-state index contributed by atoms with van der Waals surface area (Å²) in [4.78, 5) is 12.0. The zero-order valence-corrected chi connectivity index (χ0v) is 19.2. The molecule has 0 aliphatic carbocycles. The highest BCUT2D eigenvalue weighted by atomic mass is 32.2. The number of hydrogen-bond acceptors (Lipinski definition) is 7. The van der Waals surface area contributed by atoms with Crippen molar-refractivity contribution in [2.45, 2.75) is 37.2 Å². The van der Waals surface area contributed by atoms with Gasteiger partial charge in [0.15, 0.2) is 6.61 Å². The summed E-state index contributed by atoms with van der Waals surface area (Å²) in [6.07, 6.45) is 2.97. The first-order valence-corrected chi connectivity index (χ1v) is 12.1. The summed E-state index contributed by atoms with van der Waals surface area (Å²) in [6.45, 7) is 3.07. The summed E-state index contributed by atoms with van der Waals surface area (Å²) >= 11 is 0. The Hall–Kier alpha value is -2.78. The number of rotatable bonds is 10. The number of nitrogens with zero attached hydrogens (tertiary/aromatic N) is 1. The number of carbonyl (C=O) groups excluding carboxylic acids is 1. The number of benzene rings is 2. The van der Waals surface area contributed by atoms with E-state index in [4.69, 9.17) is 18.9 Å². The zero-order valence-electron chi connectivity index (χ0n) is 18.4. The Morgan fingerprint density at radius 2 is 1.69 bits per heavy atom. The van der Waals surface area contributed by atoms with E-state index in [1.165, 1.54) is 23.5 Å². The fraction of sp³-hybridized carbons (Fsp3) is 0.435. The van der Waals surface area contributed by atoms with Gasteiger partial charge < -0.3 is 18.9 Å². The molecule has 1 heterocycles. The molecule has 32 heavy (non-hydrogen) atoms. The lowest BCUT2D eigenvalue weighted by Crippen LogP contribution is -2.27. The third-order valence-corrected chi connectivity index (χ3v) is 6.85.